The Kier molecular flexibility index (Phi) is 34.5. The van der Waals surface area contributed by atoms with Crippen molar-refractivity contribution in [3.63, 3.8) is 0 Å². The number of ether oxygens (including phenoxy) is 1. The van der Waals surface area contributed by atoms with E-state index in [0.717, 1.165) is 51.4 Å². The summed E-state index contributed by atoms with van der Waals surface area (Å²) in [5.74, 6) is -1.32. The summed E-state index contributed by atoms with van der Waals surface area (Å²) in [6.07, 6.45) is 40.7. The first-order valence-corrected chi connectivity index (χ1v) is 19.8. The third-order valence-corrected chi connectivity index (χ3v) is 8.92. The number of esters is 1. The van der Waals surface area contributed by atoms with Gasteiger partial charge in [0.15, 0.2) is 0 Å². The van der Waals surface area contributed by atoms with Gasteiger partial charge in [-0.1, -0.05) is 168 Å². The number of carbonyl (C=O) groups is 3. The van der Waals surface area contributed by atoms with Crippen LogP contribution in [-0.4, -0.2) is 35.6 Å². The number of allylic oxidation sites excluding steroid dienone is 1. The summed E-state index contributed by atoms with van der Waals surface area (Å²) in [6, 6.07) is 0. The van der Waals surface area contributed by atoms with Crippen LogP contribution in [0.4, 0.5) is 0 Å². The van der Waals surface area contributed by atoms with Gasteiger partial charge in [-0.2, -0.15) is 0 Å². The largest absolute Gasteiger partial charge is 0.480 e. The minimum atomic E-state index is -1.02. The minimum Gasteiger partial charge on any atom is -0.480 e. The number of nitrogens with one attached hydrogen (secondary N) is 1. The van der Waals surface area contributed by atoms with E-state index in [-0.39, 0.29) is 24.5 Å². The maximum absolute atomic E-state index is 12.6. The number of carboxylic acids is 1. The van der Waals surface area contributed by atoms with Crippen molar-refractivity contribution in [3.8, 4) is 0 Å². The van der Waals surface area contributed by atoms with E-state index < -0.39 is 5.97 Å². The summed E-state index contributed by atoms with van der Waals surface area (Å²) in [5, 5.41) is 11.1. The SMILES string of the molecule is CCCCCCC/C=C\C(CCCCCCC(=O)NCC(=O)O)OC(=O)CCCCCCCCCCCCCCCCCCCC. The molecule has 0 bridgehead atoms. The van der Waals surface area contributed by atoms with Gasteiger partial charge in [-0.25, -0.2) is 0 Å². The molecule has 0 aliphatic heterocycles. The van der Waals surface area contributed by atoms with Gasteiger partial charge in [-0.3, -0.25) is 14.4 Å². The third kappa shape index (κ3) is 35.0. The molecular weight excluding hydrogens is 574 g/mol. The molecule has 0 aromatic heterocycles. The van der Waals surface area contributed by atoms with Crippen molar-refractivity contribution in [1.82, 2.24) is 5.32 Å². The van der Waals surface area contributed by atoms with Crippen LogP contribution in [0.5, 0.6) is 0 Å². The van der Waals surface area contributed by atoms with Gasteiger partial charge in [0.2, 0.25) is 5.91 Å². The Balaban J connectivity index is 3.97. The van der Waals surface area contributed by atoms with E-state index in [4.69, 9.17) is 9.84 Å². The number of carbonyl (C=O) groups excluding carboxylic acids is 2. The number of carboxylic acid groups (broad SMARTS) is 1. The van der Waals surface area contributed by atoms with Gasteiger partial charge in [0.25, 0.3) is 0 Å². The molecule has 0 aliphatic rings. The van der Waals surface area contributed by atoms with E-state index in [9.17, 15) is 14.4 Å². The van der Waals surface area contributed by atoms with Crippen LogP contribution in [0, 0.1) is 0 Å². The standard InChI is InChI=1S/C40H75NO5/c1-3-5-7-9-11-12-13-14-15-16-17-18-19-20-21-23-25-31-35-40(45)46-37(32-28-24-22-10-8-6-4-2)33-29-26-27-30-34-38(42)41-36-39(43)44/h28,32,37H,3-27,29-31,33-36H2,1-2H3,(H,41,42)(H,43,44)/b32-28-. The zero-order valence-corrected chi connectivity index (χ0v) is 30.4. The number of unbranched alkanes of at least 4 members (excludes halogenated alkanes) is 25. The van der Waals surface area contributed by atoms with Gasteiger partial charge in [0, 0.05) is 12.8 Å². The first-order valence-electron chi connectivity index (χ1n) is 19.8. The fourth-order valence-electron chi connectivity index (χ4n) is 5.95. The van der Waals surface area contributed by atoms with Gasteiger partial charge in [0.05, 0.1) is 0 Å². The zero-order valence-electron chi connectivity index (χ0n) is 30.4. The molecule has 270 valence electrons. The van der Waals surface area contributed by atoms with E-state index in [1.807, 2.05) is 0 Å². The molecule has 6 heteroatoms. The number of hydrogen-bond donors (Lipinski definition) is 2. The van der Waals surface area contributed by atoms with Gasteiger partial charge in [0.1, 0.15) is 12.6 Å². The Morgan fingerprint density at radius 2 is 0.978 bits per heavy atom. The summed E-state index contributed by atoms with van der Waals surface area (Å²) in [6.45, 7) is 4.19. The van der Waals surface area contributed by atoms with Crippen molar-refractivity contribution in [3.05, 3.63) is 12.2 Å². The highest BCUT2D eigenvalue weighted by Gasteiger charge is 2.12. The van der Waals surface area contributed by atoms with Crippen LogP contribution in [-0.2, 0) is 19.1 Å². The van der Waals surface area contributed by atoms with E-state index in [2.05, 4.69) is 31.3 Å². The molecular formula is C40H75NO5. The van der Waals surface area contributed by atoms with Crippen molar-refractivity contribution in [2.24, 2.45) is 0 Å². The van der Waals surface area contributed by atoms with Crippen LogP contribution >= 0.6 is 0 Å². The van der Waals surface area contributed by atoms with Gasteiger partial charge in [-0.05, 0) is 44.6 Å². The second kappa shape index (κ2) is 36.0. The van der Waals surface area contributed by atoms with E-state index in [1.54, 1.807) is 0 Å². The second-order valence-electron chi connectivity index (χ2n) is 13.5. The Morgan fingerprint density at radius 1 is 0.565 bits per heavy atom. The highest BCUT2D eigenvalue weighted by molar-refractivity contribution is 5.80. The number of aliphatic carboxylic acids is 1. The monoisotopic (exact) mass is 650 g/mol. The summed E-state index contributed by atoms with van der Waals surface area (Å²) in [4.78, 5) is 34.8. The second-order valence-corrected chi connectivity index (χ2v) is 13.5. The van der Waals surface area contributed by atoms with Crippen LogP contribution in [0.3, 0.4) is 0 Å². The Labute approximate surface area is 284 Å². The predicted octanol–water partition coefficient (Wildman–Crippen LogP) is 11.8. The Hall–Kier alpha value is -1.85. The zero-order chi connectivity index (χ0) is 33.8. The van der Waals surface area contributed by atoms with Gasteiger partial charge < -0.3 is 15.2 Å². The molecule has 0 aromatic rings. The minimum absolute atomic E-state index is 0.0795. The lowest BCUT2D eigenvalue weighted by Gasteiger charge is -2.15. The van der Waals surface area contributed by atoms with Crippen LogP contribution in [0.15, 0.2) is 12.2 Å². The van der Waals surface area contributed by atoms with Gasteiger partial charge >= 0.3 is 11.9 Å². The molecule has 0 spiro atoms. The maximum Gasteiger partial charge on any atom is 0.322 e. The molecule has 0 aromatic carbocycles. The van der Waals surface area contributed by atoms with Crippen LogP contribution < -0.4 is 5.32 Å². The normalized spacial score (nSPS) is 12.0. The summed E-state index contributed by atoms with van der Waals surface area (Å²) < 4.78 is 5.88. The number of amides is 1. The molecule has 2 N–H and O–H groups in total. The summed E-state index contributed by atoms with van der Waals surface area (Å²) in [7, 11) is 0. The molecule has 6 nitrogen and oxygen atoms in total. The van der Waals surface area contributed by atoms with Crippen molar-refractivity contribution in [2.45, 2.75) is 219 Å². The lowest BCUT2D eigenvalue weighted by atomic mass is 10.0. The lowest BCUT2D eigenvalue weighted by Crippen LogP contribution is -2.28. The molecule has 0 saturated carbocycles. The molecule has 0 aliphatic carbocycles. The third-order valence-electron chi connectivity index (χ3n) is 8.92. The maximum atomic E-state index is 12.6. The van der Waals surface area contributed by atoms with E-state index >= 15 is 0 Å². The van der Waals surface area contributed by atoms with Gasteiger partial charge in [-0.15, -0.1) is 0 Å². The smallest absolute Gasteiger partial charge is 0.322 e. The van der Waals surface area contributed by atoms with Crippen molar-refractivity contribution in [1.29, 1.82) is 0 Å². The number of hydrogen-bond acceptors (Lipinski definition) is 4. The molecule has 0 fully saturated rings. The van der Waals surface area contributed by atoms with Crippen LogP contribution in [0.1, 0.15) is 213 Å². The van der Waals surface area contributed by atoms with Crippen molar-refractivity contribution >= 4 is 17.8 Å². The molecule has 0 saturated heterocycles. The van der Waals surface area contributed by atoms with Crippen molar-refractivity contribution < 1.29 is 24.2 Å². The average molecular weight is 650 g/mol. The fraction of sp³-hybridized carbons (Fsp3) is 0.875. The predicted molar refractivity (Wildman–Crippen MR) is 194 cm³/mol. The van der Waals surface area contributed by atoms with Crippen LogP contribution in [0.2, 0.25) is 0 Å². The highest BCUT2D eigenvalue weighted by atomic mass is 16.5. The quantitative estimate of drug-likeness (QED) is 0.0400. The topological polar surface area (TPSA) is 92.7 Å². The molecule has 1 atom stereocenters. The van der Waals surface area contributed by atoms with Crippen molar-refractivity contribution in [2.75, 3.05) is 6.54 Å². The molecule has 0 rings (SSSR count). The molecule has 0 radical (unpaired) electrons. The highest BCUT2D eigenvalue weighted by Crippen LogP contribution is 2.16. The van der Waals surface area contributed by atoms with E-state index in [1.165, 1.54) is 135 Å². The number of rotatable bonds is 36. The van der Waals surface area contributed by atoms with Crippen LogP contribution in [0.25, 0.3) is 0 Å². The Morgan fingerprint density at radius 3 is 1.46 bits per heavy atom. The first-order chi connectivity index (χ1) is 22.5. The lowest BCUT2D eigenvalue weighted by molar-refractivity contribution is -0.147. The summed E-state index contributed by atoms with van der Waals surface area (Å²) in [5.41, 5.74) is 0. The van der Waals surface area contributed by atoms with E-state index in [0.29, 0.717) is 12.8 Å². The Bertz CT molecular complexity index is 722. The molecule has 0 heterocycles. The molecule has 1 amide bonds. The average Bonchev–Trinajstić information content (AvgIpc) is 3.04. The fourth-order valence-corrected chi connectivity index (χ4v) is 5.95. The molecule has 1 unspecified atom stereocenters. The first kappa shape index (κ1) is 44.1. The summed E-state index contributed by atoms with van der Waals surface area (Å²) >= 11 is 0. The molecule has 46 heavy (non-hydrogen) atoms.